The lowest BCUT2D eigenvalue weighted by Crippen LogP contribution is -2.37. The van der Waals surface area contributed by atoms with Gasteiger partial charge in [0.2, 0.25) is 5.95 Å². The van der Waals surface area contributed by atoms with Gasteiger partial charge in [-0.05, 0) is 48.2 Å². The zero-order valence-electron chi connectivity index (χ0n) is 17.9. The minimum absolute atomic E-state index is 0.0651. The molecule has 1 aliphatic carbocycles. The van der Waals surface area contributed by atoms with E-state index < -0.39 is 11.6 Å². The van der Waals surface area contributed by atoms with Crippen LogP contribution in [-0.4, -0.2) is 54.3 Å². The van der Waals surface area contributed by atoms with Gasteiger partial charge in [0, 0.05) is 37.3 Å². The van der Waals surface area contributed by atoms with Crippen LogP contribution in [0.2, 0.25) is 0 Å². The molecule has 166 valence electrons. The summed E-state index contributed by atoms with van der Waals surface area (Å²) < 4.78 is 32.8. The molecule has 0 spiro atoms. The first-order valence-corrected chi connectivity index (χ1v) is 11.1. The summed E-state index contributed by atoms with van der Waals surface area (Å²) >= 11 is 0. The van der Waals surface area contributed by atoms with Crippen LogP contribution >= 0.6 is 0 Å². The molecule has 1 N–H and O–H groups in total. The van der Waals surface area contributed by atoms with Gasteiger partial charge in [-0.25, -0.2) is 18.7 Å². The van der Waals surface area contributed by atoms with Gasteiger partial charge in [0.15, 0.2) is 11.6 Å². The molecule has 1 unspecified atom stereocenters. The maximum atomic E-state index is 13.9. The van der Waals surface area contributed by atoms with Crippen LogP contribution in [0.1, 0.15) is 29.0 Å². The maximum absolute atomic E-state index is 13.9. The van der Waals surface area contributed by atoms with Crippen molar-refractivity contribution in [3.05, 3.63) is 77.0 Å². The molecule has 0 saturated carbocycles. The molecule has 0 bridgehead atoms. The summed E-state index contributed by atoms with van der Waals surface area (Å²) in [5.74, 6) is -1.10. The average molecular weight is 437 g/mol. The summed E-state index contributed by atoms with van der Waals surface area (Å²) in [6, 6.07) is 12.2. The van der Waals surface area contributed by atoms with Crippen molar-refractivity contribution in [3.8, 4) is 11.3 Å². The third-order valence-electron chi connectivity index (χ3n) is 6.26. The molecule has 1 aromatic heterocycles. The van der Waals surface area contributed by atoms with E-state index in [4.69, 9.17) is 9.72 Å². The number of nitrogens with zero attached hydrogens (tertiary/aromatic N) is 3. The van der Waals surface area contributed by atoms with Crippen LogP contribution in [0.25, 0.3) is 11.3 Å². The van der Waals surface area contributed by atoms with Crippen molar-refractivity contribution < 1.29 is 13.5 Å². The Morgan fingerprint density at radius 1 is 1.06 bits per heavy atom. The van der Waals surface area contributed by atoms with E-state index in [1.165, 1.54) is 12.1 Å². The second-order valence-electron chi connectivity index (χ2n) is 8.32. The Bertz CT molecular complexity index is 1100. The molecular formula is C25H26F2N4O. The van der Waals surface area contributed by atoms with Crippen molar-refractivity contribution in [1.82, 2.24) is 14.9 Å². The smallest absolute Gasteiger partial charge is 0.223 e. The molecule has 32 heavy (non-hydrogen) atoms. The van der Waals surface area contributed by atoms with Crippen molar-refractivity contribution in [1.29, 1.82) is 0 Å². The fourth-order valence-electron chi connectivity index (χ4n) is 4.58. The molecule has 3 aromatic rings. The molecule has 2 heterocycles. The number of fused-ring (bicyclic) bond motifs is 3. The molecule has 1 aliphatic heterocycles. The Labute approximate surface area is 186 Å². The van der Waals surface area contributed by atoms with Gasteiger partial charge in [-0.2, -0.15) is 0 Å². The number of halogens is 2. The number of benzene rings is 2. The van der Waals surface area contributed by atoms with Gasteiger partial charge in [0.25, 0.3) is 0 Å². The molecule has 1 atom stereocenters. The van der Waals surface area contributed by atoms with Crippen LogP contribution in [-0.2, 0) is 11.2 Å². The molecule has 1 saturated heterocycles. The second-order valence-corrected chi connectivity index (χ2v) is 8.32. The Kier molecular flexibility index (Phi) is 6.10. The zero-order valence-corrected chi connectivity index (χ0v) is 17.9. The summed E-state index contributed by atoms with van der Waals surface area (Å²) in [7, 11) is 0. The van der Waals surface area contributed by atoms with E-state index in [2.05, 4.69) is 15.2 Å². The molecular weight excluding hydrogens is 410 g/mol. The molecule has 5 rings (SSSR count). The van der Waals surface area contributed by atoms with E-state index >= 15 is 0 Å². The summed E-state index contributed by atoms with van der Waals surface area (Å²) in [5, 5.41) is 3.35. The molecule has 2 aromatic carbocycles. The Hall–Kier alpha value is -2.90. The van der Waals surface area contributed by atoms with E-state index in [-0.39, 0.29) is 5.92 Å². The highest BCUT2D eigenvalue weighted by atomic mass is 19.2. The number of ether oxygens (including phenoxy) is 1. The molecule has 2 aliphatic rings. The number of hydrogen-bond donors (Lipinski definition) is 1. The maximum Gasteiger partial charge on any atom is 0.223 e. The van der Waals surface area contributed by atoms with Crippen molar-refractivity contribution in [2.24, 2.45) is 0 Å². The van der Waals surface area contributed by atoms with E-state index in [9.17, 15) is 8.78 Å². The van der Waals surface area contributed by atoms with Crippen molar-refractivity contribution >= 4 is 5.95 Å². The average Bonchev–Trinajstić information content (AvgIpc) is 2.84. The standard InChI is InChI=1S/C25H26F2N4O/c26-22-7-6-17(15-23(22)27)21-14-18-16-29-25(28-8-3-9-31-10-12-32-13-11-31)30-24(18)20-5-2-1-4-19(20)21/h1-2,4-7,15-16,21H,3,8-14H2,(H,28,29,30). The van der Waals surface area contributed by atoms with Gasteiger partial charge >= 0.3 is 0 Å². The lowest BCUT2D eigenvalue weighted by atomic mass is 9.78. The van der Waals surface area contributed by atoms with E-state index in [1.807, 2.05) is 30.5 Å². The molecule has 0 radical (unpaired) electrons. The summed E-state index contributed by atoms with van der Waals surface area (Å²) in [6.07, 6.45) is 3.51. The first-order chi connectivity index (χ1) is 15.7. The third kappa shape index (κ3) is 4.36. The minimum Gasteiger partial charge on any atom is -0.379 e. The lowest BCUT2D eigenvalue weighted by molar-refractivity contribution is 0.0378. The zero-order chi connectivity index (χ0) is 21.9. The third-order valence-corrected chi connectivity index (χ3v) is 6.26. The summed E-state index contributed by atoms with van der Waals surface area (Å²) in [4.78, 5) is 11.7. The predicted molar refractivity (Wildman–Crippen MR) is 120 cm³/mol. The largest absolute Gasteiger partial charge is 0.379 e. The molecule has 5 nitrogen and oxygen atoms in total. The quantitative estimate of drug-likeness (QED) is 0.586. The highest BCUT2D eigenvalue weighted by Gasteiger charge is 2.28. The molecule has 7 heteroatoms. The number of rotatable bonds is 6. The molecule has 0 amide bonds. The van der Waals surface area contributed by atoms with Gasteiger partial charge in [-0.1, -0.05) is 30.3 Å². The van der Waals surface area contributed by atoms with Gasteiger partial charge < -0.3 is 10.1 Å². The fraction of sp³-hybridized carbons (Fsp3) is 0.360. The van der Waals surface area contributed by atoms with Crippen LogP contribution in [0.4, 0.5) is 14.7 Å². The van der Waals surface area contributed by atoms with Crippen LogP contribution < -0.4 is 5.32 Å². The Morgan fingerprint density at radius 2 is 1.91 bits per heavy atom. The van der Waals surface area contributed by atoms with E-state index in [0.29, 0.717) is 12.4 Å². The first kappa shape index (κ1) is 21.0. The fourth-order valence-corrected chi connectivity index (χ4v) is 4.58. The van der Waals surface area contributed by atoms with Gasteiger partial charge in [-0.3, -0.25) is 4.90 Å². The summed E-state index contributed by atoms with van der Waals surface area (Å²) in [6.45, 7) is 5.43. The highest BCUT2D eigenvalue weighted by Crippen LogP contribution is 2.42. The Balaban J connectivity index is 1.33. The highest BCUT2D eigenvalue weighted by molar-refractivity contribution is 5.72. The van der Waals surface area contributed by atoms with Crippen molar-refractivity contribution in [2.75, 3.05) is 44.7 Å². The SMILES string of the molecule is Fc1ccc(C2Cc3cnc(NCCCN4CCOCC4)nc3-c3ccccc32)cc1F. The van der Waals surface area contributed by atoms with Crippen LogP contribution in [0.5, 0.6) is 0 Å². The van der Waals surface area contributed by atoms with Gasteiger partial charge in [0.05, 0.1) is 18.9 Å². The predicted octanol–water partition coefficient (Wildman–Crippen LogP) is 4.24. The molecule has 1 fully saturated rings. The number of aromatic nitrogens is 2. The van der Waals surface area contributed by atoms with Gasteiger partial charge in [-0.15, -0.1) is 0 Å². The lowest BCUT2D eigenvalue weighted by Gasteiger charge is -2.28. The van der Waals surface area contributed by atoms with Gasteiger partial charge in [0.1, 0.15) is 0 Å². The van der Waals surface area contributed by atoms with Crippen LogP contribution in [0.3, 0.4) is 0 Å². The Morgan fingerprint density at radius 3 is 2.75 bits per heavy atom. The van der Waals surface area contributed by atoms with E-state index in [1.54, 1.807) is 6.07 Å². The van der Waals surface area contributed by atoms with Crippen molar-refractivity contribution in [3.63, 3.8) is 0 Å². The number of hydrogen-bond acceptors (Lipinski definition) is 5. The minimum atomic E-state index is -0.828. The number of anilines is 1. The van der Waals surface area contributed by atoms with Crippen LogP contribution in [0.15, 0.2) is 48.7 Å². The topological polar surface area (TPSA) is 50.3 Å². The normalized spacial score (nSPS) is 18.1. The summed E-state index contributed by atoms with van der Waals surface area (Å²) in [5.41, 5.74) is 4.76. The first-order valence-electron chi connectivity index (χ1n) is 11.1. The van der Waals surface area contributed by atoms with Crippen molar-refractivity contribution in [2.45, 2.75) is 18.8 Å². The van der Waals surface area contributed by atoms with E-state index in [0.717, 1.165) is 73.8 Å². The van der Waals surface area contributed by atoms with Crippen LogP contribution in [0, 0.1) is 11.6 Å². The number of morpholine rings is 1. The second kappa shape index (κ2) is 9.30. The monoisotopic (exact) mass is 436 g/mol. The number of nitrogens with one attached hydrogen (secondary N) is 1.